The second-order valence-electron chi connectivity index (χ2n) is 6.82. The van der Waals surface area contributed by atoms with Gasteiger partial charge < -0.3 is 14.3 Å². The normalized spacial score (nSPS) is 11.3. The van der Waals surface area contributed by atoms with Crippen LogP contribution in [0.4, 0.5) is 0 Å². The Bertz CT molecular complexity index is 976. The van der Waals surface area contributed by atoms with Crippen LogP contribution in [0.2, 0.25) is 0 Å². The van der Waals surface area contributed by atoms with Gasteiger partial charge in [-0.05, 0) is 49.7 Å². The van der Waals surface area contributed by atoms with Gasteiger partial charge in [0.25, 0.3) is 0 Å². The van der Waals surface area contributed by atoms with Crippen molar-refractivity contribution in [1.29, 1.82) is 0 Å². The van der Waals surface area contributed by atoms with Gasteiger partial charge in [-0.15, -0.1) is 0 Å². The van der Waals surface area contributed by atoms with Crippen molar-refractivity contribution in [2.75, 3.05) is 20.2 Å². The van der Waals surface area contributed by atoms with Crippen LogP contribution in [0.5, 0.6) is 11.5 Å². The standard InChI is InChI=1S/C22H25NO4/c1-4-16-11-19-17(12-22(25)27-21(19)13-20(16)24)14-23(3)9-10-26-18-7-5-15(2)6-8-18/h5-8,11-13,24H,4,9-10,14H2,1-3H3. The van der Waals surface area contributed by atoms with Crippen LogP contribution in [-0.4, -0.2) is 30.2 Å². The zero-order valence-corrected chi connectivity index (χ0v) is 16.0. The van der Waals surface area contributed by atoms with E-state index in [9.17, 15) is 9.90 Å². The lowest BCUT2D eigenvalue weighted by molar-refractivity contribution is 0.233. The van der Waals surface area contributed by atoms with Crippen LogP contribution in [0.3, 0.4) is 0 Å². The van der Waals surface area contributed by atoms with E-state index in [0.29, 0.717) is 31.7 Å². The Morgan fingerprint density at radius 2 is 1.85 bits per heavy atom. The molecule has 0 atom stereocenters. The molecule has 0 aliphatic rings. The number of phenols is 1. The maximum Gasteiger partial charge on any atom is 0.336 e. The molecule has 1 aromatic heterocycles. The van der Waals surface area contributed by atoms with Crippen molar-refractivity contribution in [3.05, 3.63) is 69.6 Å². The van der Waals surface area contributed by atoms with E-state index in [1.165, 1.54) is 17.7 Å². The van der Waals surface area contributed by atoms with Gasteiger partial charge in [0.1, 0.15) is 23.7 Å². The predicted octanol–water partition coefficient (Wildman–Crippen LogP) is 3.88. The molecule has 0 aliphatic carbocycles. The predicted molar refractivity (Wildman–Crippen MR) is 107 cm³/mol. The Labute approximate surface area is 158 Å². The number of hydrogen-bond acceptors (Lipinski definition) is 5. The Hall–Kier alpha value is -2.79. The second kappa shape index (κ2) is 8.27. The van der Waals surface area contributed by atoms with E-state index in [-0.39, 0.29) is 5.75 Å². The first kappa shape index (κ1) is 19.0. The van der Waals surface area contributed by atoms with Gasteiger partial charge in [0.15, 0.2) is 0 Å². The number of likely N-dealkylation sites (N-methyl/N-ethyl adjacent to an activating group) is 1. The number of aryl methyl sites for hydroxylation is 2. The molecule has 0 spiro atoms. The van der Waals surface area contributed by atoms with Crippen molar-refractivity contribution >= 4 is 11.0 Å². The molecule has 0 radical (unpaired) electrons. The monoisotopic (exact) mass is 367 g/mol. The highest BCUT2D eigenvalue weighted by Gasteiger charge is 2.12. The molecule has 0 saturated heterocycles. The van der Waals surface area contributed by atoms with E-state index in [2.05, 4.69) is 4.90 Å². The van der Waals surface area contributed by atoms with Crippen molar-refractivity contribution in [1.82, 2.24) is 4.90 Å². The van der Waals surface area contributed by atoms with Crippen LogP contribution in [0, 0.1) is 6.92 Å². The average Bonchev–Trinajstić information content (AvgIpc) is 2.62. The molecule has 3 aromatic rings. The van der Waals surface area contributed by atoms with Crippen molar-refractivity contribution in [2.24, 2.45) is 0 Å². The summed E-state index contributed by atoms with van der Waals surface area (Å²) in [6, 6.07) is 12.9. The molecular weight excluding hydrogens is 342 g/mol. The Morgan fingerprint density at radius 1 is 1.11 bits per heavy atom. The maximum atomic E-state index is 11.9. The number of hydrogen-bond donors (Lipinski definition) is 1. The third-order valence-corrected chi connectivity index (χ3v) is 4.61. The fourth-order valence-electron chi connectivity index (χ4n) is 3.04. The van der Waals surface area contributed by atoms with Crippen LogP contribution in [0.1, 0.15) is 23.6 Å². The number of nitrogens with zero attached hydrogens (tertiary/aromatic N) is 1. The molecule has 1 N–H and O–H groups in total. The van der Waals surface area contributed by atoms with E-state index in [1.807, 2.05) is 51.2 Å². The van der Waals surface area contributed by atoms with Gasteiger partial charge in [-0.25, -0.2) is 4.79 Å². The highest BCUT2D eigenvalue weighted by atomic mass is 16.5. The summed E-state index contributed by atoms with van der Waals surface area (Å²) in [5.74, 6) is 1.01. The highest BCUT2D eigenvalue weighted by molar-refractivity contribution is 5.82. The lowest BCUT2D eigenvalue weighted by Gasteiger charge is -2.18. The summed E-state index contributed by atoms with van der Waals surface area (Å²) in [7, 11) is 1.99. The Morgan fingerprint density at radius 3 is 2.56 bits per heavy atom. The Balaban J connectivity index is 1.71. The molecular formula is C22H25NO4. The van der Waals surface area contributed by atoms with Crippen LogP contribution < -0.4 is 10.4 Å². The summed E-state index contributed by atoms with van der Waals surface area (Å²) in [6.45, 7) is 5.89. The Kier molecular flexibility index (Phi) is 5.81. The van der Waals surface area contributed by atoms with Gasteiger partial charge in [-0.1, -0.05) is 24.6 Å². The van der Waals surface area contributed by atoms with E-state index in [4.69, 9.17) is 9.15 Å². The topological polar surface area (TPSA) is 62.9 Å². The number of rotatable bonds is 7. The van der Waals surface area contributed by atoms with Crippen molar-refractivity contribution < 1.29 is 14.3 Å². The number of fused-ring (bicyclic) bond motifs is 1. The summed E-state index contributed by atoms with van der Waals surface area (Å²) in [4.78, 5) is 14.0. The van der Waals surface area contributed by atoms with Crippen LogP contribution >= 0.6 is 0 Å². The third-order valence-electron chi connectivity index (χ3n) is 4.61. The van der Waals surface area contributed by atoms with E-state index in [0.717, 1.165) is 22.3 Å². The lowest BCUT2D eigenvalue weighted by Crippen LogP contribution is -2.24. The molecule has 0 bridgehead atoms. The summed E-state index contributed by atoms with van der Waals surface area (Å²) in [6.07, 6.45) is 0.709. The number of benzene rings is 2. The first-order valence-electron chi connectivity index (χ1n) is 9.13. The molecule has 0 fully saturated rings. The minimum absolute atomic E-state index is 0.158. The SMILES string of the molecule is CCc1cc2c(CN(C)CCOc3ccc(C)cc3)cc(=O)oc2cc1O. The van der Waals surface area contributed by atoms with E-state index >= 15 is 0 Å². The summed E-state index contributed by atoms with van der Waals surface area (Å²) >= 11 is 0. The number of aromatic hydroxyl groups is 1. The fraction of sp³-hybridized carbons (Fsp3) is 0.318. The first-order chi connectivity index (χ1) is 13.0. The van der Waals surface area contributed by atoms with E-state index in [1.54, 1.807) is 0 Å². The average molecular weight is 367 g/mol. The molecule has 5 nitrogen and oxygen atoms in total. The van der Waals surface area contributed by atoms with Crippen molar-refractivity contribution in [3.8, 4) is 11.5 Å². The minimum atomic E-state index is -0.412. The molecule has 0 unspecified atom stereocenters. The smallest absolute Gasteiger partial charge is 0.336 e. The van der Waals surface area contributed by atoms with Gasteiger partial charge in [0, 0.05) is 30.6 Å². The van der Waals surface area contributed by atoms with Gasteiger partial charge in [0.2, 0.25) is 0 Å². The molecule has 27 heavy (non-hydrogen) atoms. The summed E-state index contributed by atoms with van der Waals surface area (Å²) in [5.41, 5.74) is 2.92. The zero-order valence-electron chi connectivity index (χ0n) is 16.0. The molecule has 5 heteroatoms. The number of phenolic OH excluding ortho intramolecular Hbond substituents is 1. The molecule has 142 valence electrons. The summed E-state index contributed by atoms with van der Waals surface area (Å²) < 4.78 is 11.0. The van der Waals surface area contributed by atoms with Crippen LogP contribution in [0.15, 0.2) is 51.7 Å². The molecule has 2 aromatic carbocycles. The second-order valence-corrected chi connectivity index (χ2v) is 6.82. The van der Waals surface area contributed by atoms with E-state index < -0.39 is 5.63 Å². The molecule has 3 rings (SSSR count). The molecule has 1 heterocycles. The van der Waals surface area contributed by atoms with Crippen LogP contribution in [0.25, 0.3) is 11.0 Å². The highest BCUT2D eigenvalue weighted by Crippen LogP contribution is 2.27. The third kappa shape index (κ3) is 4.68. The molecule has 0 aliphatic heterocycles. The fourth-order valence-corrected chi connectivity index (χ4v) is 3.04. The van der Waals surface area contributed by atoms with Gasteiger partial charge in [-0.2, -0.15) is 0 Å². The molecule has 0 amide bonds. The number of ether oxygens (including phenoxy) is 1. The van der Waals surface area contributed by atoms with Crippen molar-refractivity contribution in [2.45, 2.75) is 26.8 Å². The van der Waals surface area contributed by atoms with Gasteiger partial charge in [-0.3, -0.25) is 4.90 Å². The zero-order chi connectivity index (χ0) is 19.4. The van der Waals surface area contributed by atoms with Gasteiger partial charge >= 0.3 is 5.63 Å². The van der Waals surface area contributed by atoms with Crippen LogP contribution in [-0.2, 0) is 13.0 Å². The van der Waals surface area contributed by atoms with Crippen molar-refractivity contribution in [3.63, 3.8) is 0 Å². The quantitative estimate of drug-likeness (QED) is 0.642. The lowest BCUT2D eigenvalue weighted by atomic mass is 10.0. The largest absolute Gasteiger partial charge is 0.508 e. The van der Waals surface area contributed by atoms with Gasteiger partial charge in [0.05, 0.1) is 0 Å². The molecule has 0 saturated carbocycles. The maximum absolute atomic E-state index is 11.9. The summed E-state index contributed by atoms with van der Waals surface area (Å²) in [5, 5.41) is 10.9. The first-order valence-corrected chi connectivity index (χ1v) is 9.13. The minimum Gasteiger partial charge on any atom is -0.508 e.